The molecule has 0 spiro atoms. The number of carbonyl (C=O) groups excluding carboxylic acids is 2. The second kappa shape index (κ2) is 8.49. The lowest BCUT2D eigenvalue weighted by molar-refractivity contribution is -0.160. The quantitative estimate of drug-likeness (QED) is 0.725. The van der Waals surface area contributed by atoms with E-state index in [0.29, 0.717) is 19.3 Å². The predicted octanol–water partition coefficient (Wildman–Crippen LogP) is 2.75. The minimum Gasteiger partial charge on any atom is -0.481 e. The van der Waals surface area contributed by atoms with Crippen LogP contribution in [0.1, 0.15) is 66.7 Å². The molecule has 0 bridgehead atoms. The molecule has 0 heterocycles. The number of aliphatic carboxylic acids is 1. The molecule has 0 aromatic rings. The zero-order chi connectivity index (χ0) is 18.5. The van der Waals surface area contributed by atoms with E-state index in [1.807, 2.05) is 13.8 Å². The molecule has 0 aromatic heterocycles. The molecule has 1 amide bonds. The summed E-state index contributed by atoms with van der Waals surface area (Å²) in [6, 6.07) is -0.702. The van der Waals surface area contributed by atoms with Gasteiger partial charge in [-0.3, -0.25) is 9.59 Å². The van der Waals surface area contributed by atoms with Gasteiger partial charge in [0.1, 0.15) is 11.6 Å². The maximum absolute atomic E-state index is 12.6. The van der Waals surface area contributed by atoms with E-state index in [4.69, 9.17) is 9.84 Å². The molecule has 1 fully saturated rings. The number of carbonyl (C=O) groups is 3. The average Bonchev–Trinajstić information content (AvgIpc) is 2.49. The van der Waals surface area contributed by atoms with Crippen LogP contribution in [0.5, 0.6) is 0 Å². The van der Waals surface area contributed by atoms with Crippen molar-refractivity contribution in [2.24, 2.45) is 17.8 Å². The van der Waals surface area contributed by atoms with Crippen LogP contribution in [0.2, 0.25) is 0 Å². The summed E-state index contributed by atoms with van der Waals surface area (Å²) in [7, 11) is 0. The molecule has 0 aromatic carbocycles. The van der Waals surface area contributed by atoms with Gasteiger partial charge >= 0.3 is 11.9 Å². The van der Waals surface area contributed by atoms with Gasteiger partial charge in [0.2, 0.25) is 5.91 Å². The second-order valence-electron chi connectivity index (χ2n) is 7.80. The van der Waals surface area contributed by atoms with Gasteiger partial charge in [0, 0.05) is 5.92 Å². The molecule has 1 aliphatic carbocycles. The lowest BCUT2D eigenvalue weighted by Gasteiger charge is -2.30. The first-order valence-electron chi connectivity index (χ1n) is 8.81. The van der Waals surface area contributed by atoms with Crippen molar-refractivity contribution in [2.75, 3.05) is 0 Å². The van der Waals surface area contributed by atoms with Crippen LogP contribution in [0.4, 0.5) is 0 Å². The maximum atomic E-state index is 12.6. The van der Waals surface area contributed by atoms with Crippen molar-refractivity contribution in [3.05, 3.63) is 0 Å². The number of esters is 1. The van der Waals surface area contributed by atoms with Crippen LogP contribution in [0, 0.1) is 17.8 Å². The summed E-state index contributed by atoms with van der Waals surface area (Å²) >= 11 is 0. The van der Waals surface area contributed by atoms with Crippen molar-refractivity contribution in [3.8, 4) is 0 Å². The molecular weight excluding hydrogens is 310 g/mol. The molecule has 1 aliphatic rings. The van der Waals surface area contributed by atoms with Gasteiger partial charge in [-0.15, -0.1) is 0 Å². The lowest BCUT2D eigenvalue weighted by atomic mass is 9.80. The van der Waals surface area contributed by atoms with Crippen LogP contribution in [-0.2, 0) is 19.1 Å². The highest BCUT2D eigenvalue weighted by Gasteiger charge is 2.35. The lowest BCUT2D eigenvalue weighted by Crippen LogP contribution is -2.50. The first-order chi connectivity index (χ1) is 11.0. The van der Waals surface area contributed by atoms with Crippen LogP contribution in [-0.4, -0.2) is 34.6 Å². The summed E-state index contributed by atoms with van der Waals surface area (Å²) in [5.41, 5.74) is -0.618. The number of hydrogen-bond acceptors (Lipinski definition) is 4. The van der Waals surface area contributed by atoms with Crippen LogP contribution < -0.4 is 5.32 Å². The summed E-state index contributed by atoms with van der Waals surface area (Å²) in [5.74, 6) is -2.40. The van der Waals surface area contributed by atoms with Gasteiger partial charge in [-0.05, 0) is 46.0 Å². The van der Waals surface area contributed by atoms with Crippen LogP contribution in [0.3, 0.4) is 0 Å². The Kier molecular flexibility index (Phi) is 7.24. The van der Waals surface area contributed by atoms with Gasteiger partial charge in [-0.2, -0.15) is 0 Å². The number of rotatable bonds is 6. The van der Waals surface area contributed by atoms with Gasteiger partial charge in [0.15, 0.2) is 0 Å². The molecule has 24 heavy (non-hydrogen) atoms. The van der Waals surface area contributed by atoms with Gasteiger partial charge in [-0.25, -0.2) is 4.79 Å². The Morgan fingerprint density at radius 3 is 2.29 bits per heavy atom. The molecule has 0 aliphatic heterocycles. The fourth-order valence-electron chi connectivity index (χ4n) is 2.96. The van der Waals surface area contributed by atoms with Crippen LogP contribution in [0.15, 0.2) is 0 Å². The second-order valence-corrected chi connectivity index (χ2v) is 7.80. The van der Waals surface area contributed by atoms with E-state index < -0.39 is 29.5 Å². The fourth-order valence-corrected chi connectivity index (χ4v) is 2.96. The highest BCUT2D eigenvalue weighted by Crippen LogP contribution is 2.29. The fraction of sp³-hybridized carbons (Fsp3) is 0.833. The Balaban J connectivity index is 2.77. The standard InChI is InChI=1S/C18H31NO5/c1-6-11(2)14(17(23)24-18(3,4)5)19-15(20)12-8-7-9-13(10-12)16(21)22/h11-14H,6-10H2,1-5H3,(H,19,20)(H,21,22)/t11-,12?,13?,14-/m0/s1. The highest BCUT2D eigenvalue weighted by atomic mass is 16.6. The Hall–Kier alpha value is -1.59. The molecule has 6 heteroatoms. The van der Waals surface area contributed by atoms with Crippen molar-refractivity contribution in [2.45, 2.75) is 78.4 Å². The molecule has 1 saturated carbocycles. The van der Waals surface area contributed by atoms with Crippen molar-refractivity contribution >= 4 is 17.8 Å². The Labute approximate surface area is 144 Å². The van der Waals surface area contributed by atoms with E-state index in [2.05, 4.69) is 5.32 Å². The number of ether oxygens (including phenoxy) is 1. The molecule has 138 valence electrons. The summed E-state index contributed by atoms with van der Waals surface area (Å²) in [4.78, 5) is 36.1. The third-order valence-corrected chi connectivity index (χ3v) is 4.57. The molecule has 0 radical (unpaired) electrons. The average molecular weight is 341 g/mol. The van der Waals surface area contributed by atoms with Gasteiger partial charge in [0.25, 0.3) is 0 Å². The highest BCUT2D eigenvalue weighted by molar-refractivity contribution is 5.86. The number of nitrogens with one attached hydrogen (secondary N) is 1. The minimum absolute atomic E-state index is 0.0531. The van der Waals surface area contributed by atoms with E-state index >= 15 is 0 Å². The van der Waals surface area contributed by atoms with E-state index in [9.17, 15) is 14.4 Å². The minimum atomic E-state index is -0.849. The monoisotopic (exact) mass is 341 g/mol. The van der Waals surface area contributed by atoms with Crippen molar-refractivity contribution < 1.29 is 24.2 Å². The Bertz CT molecular complexity index is 469. The maximum Gasteiger partial charge on any atom is 0.329 e. The largest absolute Gasteiger partial charge is 0.481 e. The number of amides is 1. The molecule has 2 N–H and O–H groups in total. The molecule has 6 nitrogen and oxygen atoms in total. The summed E-state index contributed by atoms with van der Waals surface area (Å²) in [6.07, 6.45) is 3.06. The van der Waals surface area contributed by atoms with Crippen molar-refractivity contribution in [1.29, 1.82) is 0 Å². The zero-order valence-corrected chi connectivity index (χ0v) is 15.4. The van der Waals surface area contributed by atoms with Crippen LogP contribution >= 0.6 is 0 Å². The normalized spacial score (nSPS) is 23.9. The molecule has 1 rings (SSSR count). The smallest absolute Gasteiger partial charge is 0.329 e. The number of carboxylic acid groups (broad SMARTS) is 1. The molecular formula is C18H31NO5. The third-order valence-electron chi connectivity index (χ3n) is 4.57. The van der Waals surface area contributed by atoms with Gasteiger partial charge in [-0.1, -0.05) is 26.7 Å². The van der Waals surface area contributed by atoms with E-state index in [0.717, 1.165) is 12.8 Å². The number of hydrogen-bond donors (Lipinski definition) is 2. The summed E-state index contributed by atoms with van der Waals surface area (Å²) in [6.45, 7) is 9.22. The van der Waals surface area contributed by atoms with E-state index in [1.54, 1.807) is 20.8 Å². The summed E-state index contributed by atoms with van der Waals surface area (Å²) < 4.78 is 5.42. The van der Waals surface area contributed by atoms with Gasteiger partial charge < -0.3 is 15.2 Å². The third kappa shape index (κ3) is 6.13. The Morgan fingerprint density at radius 2 is 1.79 bits per heavy atom. The predicted molar refractivity (Wildman–Crippen MR) is 90.3 cm³/mol. The van der Waals surface area contributed by atoms with E-state index in [1.165, 1.54) is 0 Å². The zero-order valence-electron chi connectivity index (χ0n) is 15.4. The molecule has 4 atom stereocenters. The van der Waals surface area contributed by atoms with Crippen molar-refractivity contribution in [1.82, 2.24) is 5.32 Å². The Morgan fingerprint density at radius 1 is 1.21 bits per heavy atom. The molecule has 0 saturated heterocycles. The summed E-state index contributed by atoms with van der Waals surface area (Å²) in [5, 5.41) is 12.0. The van der Waals surface area contributed by atoms with Gasteiger partial charge in [0.05, 0.1) is 5.92 Å². The first-order valence-corrected chi connectivity index (χ1v) is 8.81. The van der Waals surface area contributed by atoms with Crippen molar-refractivity contribution in [3.63, 3.8) is 0 Å². The van der Waals surface area contributed by atoms with Crippen LogP contribution in [0.25, 0.3) is 0 Å². The first kappa shape index (κ1) is 20.5. The van der Waals surface area contributed by atoms with E-state index in [-0.39, 0.29) is 17.7 Å². The molecule has 2 unspecified atom stereocenters. The topological polar surface area (TPSA) is 92.7 Å². The SMILES string of the molecule is CC[C@H](C)[C@H](NC(=O)C1CCCC(C(=O)O)C1)C(=O)OC(C)(C)C. The number of carboxylic acids is 1.